The van der Waals surface area contributed by atoms with Crippen molar-refractivity contribution in [3.8, 4) is 0 Å². The van der Waals surface area contributed by atoms with E-state index in [4.69, 9.17) is 0 Å². The van der Waals surface area contributed by atoms with Crippen molar-refractivity contribution < 1.29 is 24.4 Å². The molecule has 3 N–H and O–H groups in total. The number of nitro benzene ring substituents is 1. The number of carboxylic acids is 1. The molecule has 0 heterocycles. The van der Waals surface area contributed by atoms with Crippen LogP contribution in [-0.4, -0.2) is 40.4 Å². The number of rotatable bonds is 8. The highest BCUT2D eigenvalue weighted by Crippen LogP contribution is 2.13. The Kier molecular flexibility index (Phi) is 6.59. The lowest BCUT2D eigenvalue weighted by molar-refractivity contribution is -0.384. The van der Waals surface area contributed by atoms with Crippen LogP contribution >= 0.6 is 0 Å². The van der Waals surface area contributed by atoms with E-state index in [-0.39, 0.29) is 18.7 Å². The van der Waals surface area contributed by atoms with Crippen molar-refractivity contribution in [3.63, 3.8) is 0 Å². The Hall–Kier alpha value is -3.75. The minimum atomic E-state index is -1.25. The molecule has 0 fully saturated rings. The maximum Gasteiger partial charge on any atom is 0.326 e. The van der Waals surface area contributed by atoms with Gasteiger partial charge in [-0.1, -0.05) is 30.3 Å². The predicted octanol–water partition coefficient (Wildman–Crippen LogP) is 1.14. The third-order valence-corrected chi connectivity index (χ3v) is 3.67. The van der Waals surface area contributed by atoms with Crippen molar-refractivity contribution in [3.05, 3.63) is 75.8 Å². The van der Waals surface area contributed by atoms with Crippen LogP contribution in [0.15, 0.2) is 54.6 Å². The molecule has 1 atom stereocenters. The number of non-ortho nitro benzene ring substituents is 1. The fourth-order valence-electron chi connectivity index (χ4n) is 2.29. The molecular formula is C18H17N3O6. The first kappa shape index (κ1) is 19.6. The van der Waals surface area contributed by atoms with Crippen LogP contribution in [0.3, 0.4) is 0 Å². The van der Waals surface area contributed by atoms with Crippen LogP contribution in [-0.2, 0) is 16.0 Å². The first-order chi connectivity index (χ1) is 12.9. The van der Waals surface area contributed by atoms with Gasteiger partial charge in [0, 0.05) is 24.1 Å². The second-order valence-corrected chi connectivity index (χ2v) is 5.63. The van der Waals surface area contributed by atoms with Crippen molar-refractivity contribution in [1.82, 2.24) is 10.6 Å². The molecule has 2 aromatic rings. The number of nitrogens with one attached hydrogen (secondary N) is 2. The number of amides is 2. The molecule has 0 aromatic heterocycles. The number of benzene rings is 2. The van der Waals surface area contributed by atoms with Gasteiger partial charge in [0.25, 0.3) is 11.6 Å². The van der Waals surface area contributed by atoms with Gasteiger partial charge >= 0.3 is 5.97 Å². The molecule has 0 bridgehead atoms. The third kappa shape index (κ3) is 5.92. The Morgan fingerprint density at radius 2 is 1.67 bits per heavy atom. The van der Waals surface area contributed by atoms with Gasteiger partial charge < -0.3 is 15.7 Å². The number of carboxylic acid groups (broad SMARTS) is 1. The van der Waals surface area contributed by atoms with E-state index in [1.807, 2.05) is 0 Å². The van der Waals surface area contributed by atoms with E-state index >= 15 is 0 Å². The molecule has 0 unspecified atom stereocenters. The van der Waals surface area contributed by atoms with Gasteiger partial charge in [-0.25, -0.2) is 4.79 Å². The first-order valence-corrected chi connectivity index (χ1v) is 7.95. The zero-order valence-corrected chi connectivity index (χ0v) is 14.1. The SMILES string of the molecule is O=C(CNC(=O)c1ccccc1)N[C@H](Cc1ccc([N+](=O)[O-])cc1)C(=O)O. The molecule has 2 amide bonds. The molecule has 140 valence electrons. The highest BCUT2D eigenvalue weighted by atomic mass is 16.6. The van der Waals surface area contributed by atoms with Crippen LogP contribution in [0.5, 0.6) is 0 Å². The Balaban J connectivity index is 1.91. The van der Waals surface area contributed by atoms with Gasteiger partial charge in [0.15, 0.2) is 0 Å². The van der Waals surface area contributed by atoms with E-state index < -0.39 is 28.7 Å². The van der Waals surface area contributed by atoms with Gasteiger partial charge in [-0.2, -0.15) is 0 Å². The minimum Gasteiger partial charge on any atom is -0.480 e. The lowest BCUT2D eigenvalue weighted by Crippen LogP contribution is -2.46. The fraction of sp³-hybridized carbons (Fsp3) is 0.167. The molecule has 0 aliphatic rings. The van der Waals surface area contributed by atoms with Gasteiger partial charge in [-0.15, -0.1) is 0 Å². The summed E-state index contributed by atoms with van der Waals surface area (Å²) in [6.45, 7) is -0.377. The van der Waals surface area contributed by atoms with Crippen LogP contribution in [0.4, 0.5) is 5.69 Å². The monoisotopic (exact) mass is 371 g/mol. The lowest BCUT2D eigenvalue weighted by atomic mass is 10.1. The van der Waals surface area contributed by atoms with Crippen molar-refractivity contribution >= 4 is 23.5 Å². The Morgan fingerprint density at radius 3 is 2.22 bits per heavy atom. The van der Waals surface area contributed by atoms with Crippen molar-refractivity contribution in [2.24, 2.45) is 0 Å². The Morgan fingerprint density at radius 1 is 1.04 bits per heavy atom. The summed E-state index contributed by atoms with van der Waals surface area (Å²) in [5.41, 5.74) is 0.783. The summed E-state index contributed by atoms with van der Waals surface area (Å²) in [6.07, 6.45) is -0.0499. The number of hydrogen-bond acceptors (Lipinski definition) is 5. The van der Waals surface area contributed by atoms with E-state index in [0.717, 1.165) is 0 Å². The largest absolute Gasteiger partial charge is 0.480 e. The van der Waals surface area contributed by atoms with Crippen LogP contribution in [0.25, 0.3) is 0 Å². The standard InChI is InChI=1S/C18H17N3O6/c22-16(11-19-17(23)13-4-2-1-3-5-13)20-15(18(24)25)10-12-6-8-14(9-7-12)21(26)27/h1-9,15H,10-11H2,(H,19,23)(H,20,22)(H,24,25)/t15-/m1/s1. The highest BCUT2D eigenvalue weighted by Gasteiger charge is 2.21. The average Bonchev–Trinajstić information content (AvgIpc) is 2.66. The molecule has 0 aliphatic carbocycles. The molecule has 0 radical (unpaired) electrons. The van der Waals surface area contributed by atoms with Crippen molar-refractivity contribution in [2.75, 3.05) is 6.54 Å². The topological polar surface area (TPSA) is 139 Å². The van der Waals surface area contributed by atoms with Gasteiger partial charge in [0.05, 0.1) is 11.5 Å². The highest BCUT2D eigenvalue weighted by molar-refractivity contribution is 5.96. The van der Waals surface area contributed by atoms with E-state index in [1.54, 1.807) is 30.3 Å². The third-order valence-electron chi connectivity index (χ3n) is 3.67. The molecule has 0 saturated heterocycles. The molecule has 0 aliphatic heterocycles. The van der Waals surface area contributed by atoms with Gasteiger partial charge in [-0.05, 0) is 17.7 Å². The quantitative estimate of drug-likeness (QED) is 0.470. The minimum absolute atomic E-state index is 0.0499. The smallest absolute Gasteiger partial charge is 0.326 e. The molecule has 2 rings (SSSR count). The zero-order valence-electron chi connectivity index (χ0n) is 14.1. The van der Waals surface area contributed by atoms with Crippen molar-refractivity contribution in [2.45, 2.75) is 12.5 Å². The lowest BCUT2D eigenvalue weighted by Gasteiger charge is -2.15. The summed E-state index contributed by atoms with van der Waals surface area (Å²) >= 11 is 0. The number of carbonyl (C=O) groups excluding carboxylic acids is 2. The van der Waals surface area contributed by atoms with E-state index in [0.29, 0.717) is 11.1 Å². The second kappa shape index (κ2) is 9.09. The van der Waals surface area contributed by atoms with E-state index in [1.165, 1.54) is 24.3 Å². The average molecular weight is 371 g/mol. The maximum absolute atomic E-state index is 11.9. The Bertz CT molecular complexity index is 836. The second-order valence-electron chi connectivity index (χ2n) is 5.63. The fourth-order valence-corrected chi connectivity index (χ4v) is 2.29. The number of nitrogens with zero attached hydrogens (tertiary/aromatic N) is 1. The van der Waals surface area contributed by atoms with Crippen molar-refractivity contribution in [1.29, 1.82) is 0 Å². The number of carbonyl (C=O) groups is 3. The molecule has 9 nitrogen and oxygen atoms in total. The predicted molar refractivity (Wildman–Crippen MR) is 95.1 cm³/mol. The summed E-state index contributed by atoms with van der Waals surface area (Å²) < 4.78 is 0. The number of nitro groups is 1. The summed E-state index contributed by atoms with van der Waals surface area (Å²) in [4.78, 5) is 45.3. The van der Waals surface area contributed by atoms with E-state index in [9.17, 15) is 29.6 Å². The van der Waals surface area contributed by atoms with Crippen LogP contribution in [0.2, 0.25) is 0 Å². The molecule has 0 saturated carbocycles. The summed E-state index contributed by atoms with van der Waals surface area (Å²) in [7, 11) is 0. The van der Waals surface area contributed by atoms with Gasteiger partial charge in [0.1, 0.15) is 6.04 Å². The normalized spacial score (nSPS) is 11.3. The maximum atomic E-state index is 11.9. The zero-order chi connectivity index (χ0) is 19.8. The van der Waals surface area contributed by atoms with Gasteiger partial charge in [0.2, 0.25) is 5.91 Å². The molecule has 27 heavy (non-hydrogen) atoms. The summed E-state index contributed by atoms with van der Waals surface area (Å²) in [5, 5.41) is 24.6. The summed E-state index contributed by atoms with van der Waals surface area (Å²) in [5.74, 6) is -2.36. The van der Waals surface area contributed by atoms with E-state index in [2.05, 4.69) is 10.6 Å². The summed E-state index contributed by atoms with van der Waals surface area (Å²) in [6, 6.07) is 12.4. The molecule has 9 heteroatoms. The molecule has 2 aromatic carbocycles. The molecule has 0 spiro atoms. The van der Waals surface area contributed by atoms with Crippen LogP contribution in [0.1, 0.15) is 15.9 Å². The van der Waals surface area contributed by atoms with Crippen LogP contribution in [0, 0.1) is 10.1 Å². The number of hydrogen-bond donors (Lipinski definition) is 3. The first-order valence-electron chi connectivity index (χ1n) is 7.95. The van der Waals surface area contributed by atoms with Gasteiger partial charge in [-0.3, -0.25) is 19.7 Å². The Labute approximate surface area is 154 Å². The molecular weight excluding hydrogens is 354 g/mol. The van der Waals surface area contributed by atoms with Crippen LogP contribution < -0.4 is 10.6 Å². The number of aliphatic carboxylic acids is 1.